The predicted molar refractivity (Wildman–Crippen MR) is 102 cm³/mol. The number of aryl methyl sites for hydroxylation is 1. The van der Waals surface area contributed by atoms with E-state index < -0.39 is 9.84 Å². The zero-order valence-corrected chi connectivity index (χ0v) is 15.7. The van der Waals surface area contributed by atoms with Gasteiger partial charge in [0.25, 0.3) is 0 Å². The average Bonchev–Trinajstić information content (AvgIpc) is 2.61. The fourth-order valence-corrected chi connectivity index (χ4v) is 3.79. The summed E-state index contributed by atoms with van der Waals surface area (Å²) in [6.45, 7) is 1.01. The van der Waals surface area contributed by atoms with Crippen LogP contribution in [0.25, 0.3) is 0 Å². The smallest absolute Gasteiger partial charge is 0.243 e. The number of hydrogen-bond acceptors (Lipinski definition) is 5. The van der Waals surface area contributed by atoms with Crippen molar-refractivity contribution in [3.63, 3.8) is 0 Å². The lowest BCUT2D eigenvalue weighted by molar-refractivity contribution is -0.115. The number of benzene rings is 2. The summed E-state index contributed by atoms with van der Waals surface area (Å²) in [4.78, 5) is 14.7. The molecule has 0 fully saturated rings. The van der Waals surface area contributed by atoms with E-state index in [4.69, 9.17) is 4.74 Å². The highest BCUT2D eigenvalue weighted by Gasteiger charge is 2.20. The normalized spacial score (nSPS) is 13.8. The Balaban J connectivity index is 1.72. The molecule has 6 nitrogen and oxygen atoms in total. The number of amides is 1. The second-order valence-corrected chi connectivity index (χ2v) is 8.38. The van der Waals surface area contributed by atoms with Gasteiger partial charge in [0, 0.05) is 24.2 Å². The molecule has 0 saturated carbocycles. The first-order valence-corrected chi connectivity index (χ1v) is 10.3. The molecule has 0 saturated heterocycles. The van der Waals surface area contributed by atoms with E-state index >= 15 is 0 Å². The fourth-order valence-electron chi connectivity index (χ4n) is 3.12. The molecule has 2 aromatic rings. The molecule has 1 N–H and O–H groups in total. The summed E-state index contributed by atoms with van der Waals surface area (Å²) in [6, 6.07) is 12.2. The molecule has 1 heterocycles. The van der Waals surface area contributed by atoms with Gasteiger partial charge in [-0.25, -0.2) is 8.42 Å². The molecular formula is C19H22N2O4S. The van der Waals surface area contributed by atoms with Gasteiger partial charge in [0.05, 0.1) is 18.6 Å². The summed E-state index contributed by atoms with van der Waals surface area (Å²) < 4.78 is 28.6. The highest BCUT2D eigenvalue weighted by molar-refractivity contribution is 7.90. The number of methoxy groups -OCH3 is 1. The van der Waals surface area contributed by atoms with Gasteiger partial charge in [-0.15, -0.1) is 0 Å². The molecule has 1 amide bonds. The minimum absolute atomic E-state index is 0.181. The molecule has 1 aliphatic rings. The van der Waals surface area contributed by atoms with Gasteiger partial charge in [0.2, 0.25) is 5.91 Å². The number of ether oxygens (including phenoxy) is 1. The monoisotopic (exact) mass is 374 g/mol. The average molecular weight is 374 g/mol. The van der Waals surface area contributed by atoms with Gasteiger partial charge in [-0.3, -0.25) is 4.79 Å². The van der Waals surface area contributed by atoms with Gasteiger partial charge in [-0.2, -0.15) is 0 Å². The second kappa shape index (κ2) is 7.37. The van der Waals surface area contributed by atoms with E-state index in [1.165, 1.54) is 17.7 Å². The first-order chi connectivity index (χ1) is 12.4. The van der Waals surface area contributed by atoms with Crippen LogP contribution < -0.4 is 15.0 Å². The summed E-state index contributed by atoms with van der Waals surface area (Å²) in [5.74, 6) is 0.631. The first kappa shape index (κ1) is 18.3. The van der Waals surface area contributed by atoms with Crippen LogP contribution in [-0.2, 0) is 21.1 Å². The van der Waals surface area contributed by atoms with Crippen LogP contribution in [0.1, 0.15) is 12.0 Å². The van der Waals surface area contributed by atoms with Crippen LogP contribution >= 0.6 is 0 Å². The Labute approximate surface area is 153 Å². The molecule has 26 heavy (non-hydrogen) atoms. The van der Waals surface area contributed by atoms with Crippen molar-refractivity contribution in [3.05, 3.63) is 48.0 Å². The molecule has 3 rings (SSSR count). The topological polar surface area (TPSA) is 75.7 Å². The SMILES string of the molecule is COc1ccc2c(c1)CCCN2CC(=O)Nc1cccc(S(C)(=O)=O)c1. The molecular weight excluding hydrogens is 352 g/mol. The third-order valence-electron chi connectivity index (χ3n) is 4.38. The highest BCUT2D eigenvalue weighted by Crippen LogP contribution is 2.30. The van der Waals surface area contributed by atoms with Crippen LogP contribution in [0, 0.1) is 0 Å². The second-order valence-electron chi connectivity index (χ2n) is 6.37. The standard InChI is InChI=1S/C19H22N2O4S/c1-25-16-8-9-18-14(11-16)5-4-10-21(18)13-19(22)20-15-6-3-7-17(12-15)26(2,23)24/h3,6-9,11-12H,4-5,10,13H2,1-2H3,(H,20,22). The number of hydrogen-bond donors (Lipinski definition) is 1. The number of rotatable bonds is 5. The minimum atomic E-state index is -3.31. The van der Waals surface area contributed by atoms with E-state index in [9.17, 15) is 13.2 Å². The fraction of sp³-hybridized carbons (Fsp3) is 0.316. The van der Waals surface area contributed by atoms with Crippen molar-refractivity contribution in [1.29, 1.82) is 0 Å². The van der Waals surface area contributed by atoms with E-state index in [1.54, 1.807) is 19.2 Å². The van der Waals surface area contributed by atoms with Crippen LogP contribution in [0.4, 0.5) is 11.4 Å². The zero-order chi connectivity index (χ0) is 18.7. The van der Waals surface area contributed by atoms with Crippen molar-refractivity contribution in [2.24, 2.45) is 0 Å². The van der Waals surface area contributed by atoms with Crippen LogP contribution in [0.15, 0.2) is 47.4 Å². The largest absolute Gasteiger partial charge is 0.497 e. The molecule has 1 aliphatic heterocycles. The third kappa shape index (κ3) is 4.16. The number of carbonyl (C=O) groups is 1. The third-order valence-corrected chi connectivity index (χ3v) is 5.49. The molecule has 138 valence electrons. The van der Waals surface area contributed by atoms with Crippen molar-refractivity contribution < 1.29 is 17.9 Å². The molecule has 0 radical (unpaired) electrons. The summed E-state index contributed by atoms with van der Waals surface area (Å²) in [5.41, 5.74) is 2.68. The Hall–Kier alpha value is -2.54. The van der Waals surface area contributed by atoms with Crippen molar-refractivity contribution in [2.45, 2.75) is 17.7 Å². The van der Waals surface area contributed by atoms with Gasteiger partial charge in [0.1, 0.15) is 5.75 Å². The quantitative estimate of drug-likeness (QED) is 0.870. The van der Waals surface area contributed by atoms with E-state index in [-0.39, 0.29) is 17.3 Å². The number of fused-ring (bicyclic) bond motifs is 1. The van der Waals surface area contributed by atoms with Gasteiger partial charge in [-0.05, 0) is 54.8 Å². The lowest BCUT2D eigenvalue weighted by Gasteiger charge is -2.31. The number of sulfone groups is 1. The van der Waals surface area contributed by atoms with Crippen molar-refractivity contribution in [3.8, 4) is 5.75 Å². The van der Waals surface area contributed by atoms with E-state index in [0.29, 0.717) is 5.69 Å². The Morgan fingerprint density at radius 1 is 1.23 bits per heavy atom. The minimum Gasteiger partial charge on any atom is -0.497 e. The summed E-state index contributed by atoms with van der Waals surface area (Å²) in [7, 11) is -1.67. The Morgan fingerprint density at radius 3 is 2.77 bits per heavy atom. The number of carbonyl (C=O) groups excluding carboxylic acids is 1. The number of nitrogens with zero attached hydrogens (tertiary/aromatic N) is 1. The molecule has 7 heteroatoms. The predicted octanol–water partition coefficient (Wildman–Crippen LogP) is 2.49. The van der Waals surface area contributed by atoms with Crippen molar-refractivity contribution >= 4 is 27.1 Å². The maximum Gasteiger partial charge on any atom is 0.243 e. The van der Waals surface area contributed by atoms with E-state index in [0.717, 1.165) is 37.1 Å². The molecule has 0 unspecified atom stereocenters. The lowest BCUT2D eigenvalue weighted by Crippen LogP contribution is -2.36. The van der Waals surface area contributed by atoms with E-state index in [1.807, 2.05) is 23.1 Å². The lowest BCUT2D eigenvalue weighted by atomic mass is 10.0. The summed E-state index contributed by atoms with van der Waals surface area (Å²) in [6.07, 6.45) is 3.07. The Bertz CT molecular complexity index is 925. The van der Waals surface area contributed by atoms with Crippen molar-refractivity contribution in [1.82, 2.24) is 0 Å². The summed E-state index contributed by atoms with van der Waals surface area (Å²) in [5, 5.41) is 2.79. The molecule has 0 bridgehead atoms. The maximum absolute atomic E-state index is 12.4. The molecule has 0 aromatic heterocycles. The molecule has 0 spiro atoms. The molecule has 0 aliphatic carbocycles. The van der Waals surface area contributed by atoms with Gasteiger partial charge >= 0.3 is 0 Å². The number of anilines is 2. The van der Waals surface area contributed by atoms with Gasteiger partial charge < -0.3 is 15.0 Å². The Kier molecular flexibility index (Phi) is 5.18. The molecule has 2 aromatic carbocycles. The first-order valence-electron chi connectivity index (χ1n) is 8.38. The van der Waals surface area contributed by atoms with Crippen LogP contribution in [0.2, 0.25) is 0 Å². The van der Waals surface area contributed by atoms with Crippen molar-refractivity contribution in [2.75, 3.05) is 36.7 Å². The van der Waals surface area contributed by atoms with Gasteiger partial charge in [0.15, 0.2) is 9.84 Å². The van der Waals surface area contributed by atoms with Crippen LogP contribution in [-0.4, -0.2) is 40.8 Å². The highest BCUT2D eigenvalue weighted by atomic mass is 32.2. The number of nitrogens with one attached hydrogen (secondary N) is 1. The molecule has 0 atom stereocenters. The van der Waals surface area contributed by atoms with Crippen LogP contribution in [0.3, 0.4) is 0 Å². The zero-order valence-electron chi connectivity index (χ0n) is 14.9. The summed E-state index contributed by atoms with van der Waals surface area (Å²) >= 11 is 0. The van der Waals surface area contributed by atoms with Gasteiger partial charge in [-0.1, -0.05) is 6.07 Å². The van der Waals surface area contributed by atoms with E-state index in [2.05, 4.69) is 5.32 Å². The maximum atomic E-state index is 12.4. The van der Waals surface area contributed by atoms with Crippen LogP contribution in [0.5, 0.6) is 5.75 Å². The Morgan fingerprint density at radius 2 is 2.04 bits per heavy atom.